The largest absolute Gasteiger partial charge is 0.486 e. The molecule has 1 amide bonds. The van der Waals surface area contributed by atoms with Gasteiger partial charge >= 0.3 is 0 Å². The lowest BCUT2D eigenvalue weighted by atomic mass is 10.1. The van der Waals surface area contributed by atoms with Gasteiger partial charge in [0, 0.05) is 12.5 Å². The fourth-order valence-electron chi connectivity index (χ4n) is 1.69. The lowest BCUT2D eigenvalue weighted by molar-refractivity contribution is -0.119. The summed E-state index contributed by atoms with van der Waals surface area (Å²) in [5.41, 5.74) is 0.595. The second-order valence-corrected chi connectivity index (χ2v) is 4.21. The molecule has 1 aliphatic rings. The summed E-state index contributed by atoms with van der Waals surface area (Å²) in [5, 5.41) is 2.68. The number of carbonyl (C=O) groups is 2. The number of nitrogens with one attached hydrogen (secondary N) is 1. The van der Waals surface area contributed by atoms with Crippen LogP contribution in [0, 0.1) is 0 Å². The van der Waals surface area contributed by atoms with Crippen LogP contribution >= 0.6 is 0 Å². The Hall–Kier alpha value is -2.04. The highest BCUT2D eigenvalue weighted by Gasteiger charge is 2.21. The van der Waals surface area contributed by atoms with Crippen molar-refractivity contribution >= 4 is 11.7 Å². The molecule has 0 aromatic heterocycles. The molecule has 0 spiro atoms. The van der Waals surface area contributed by atoms with Gasteiger partial charge in [-0.1, -0.05) is 0 Å². The maximum Gasteiger partial charge on any atom is 0.217 e. The number of hydrogen-bond donors (Lipinski definition) is 1. The van der Waals surface area contributed by atoms with Crippen LogP contribution in [0.15, 0.2) is 18.2 Å². The van der Waals surface area contributed by atoms with Crippen molar-refractivity contribution in [3.63, 3.8) is 0 Å². The van der Waals surface area contributed by atoms with Crippen LogP contribution in [0.1, 0.15) is 24.2 Å². The Morgan fingerprint density at radius 1 is 1.33 bits per heavy atom. The van der Waals surface area contributed by atoms with E-state index in [1.54, 1.807) is 18.2 Å². The van der Waals surface area contributed by atoms with Crippen LogP contribution in [-0.2, 0) is 4.79 Å². The Morgan fingerprint density at radius 3 is 2.78 bits per heavy atom. The number of carbonyl (C=O) groups excluding carboxylic acids is 2. The van der Waals surface area contributed by atoms with Gasteiger partial charge in [0.05, 0.1) is 6.54 Å². The Labute approximate surface area is 105 Å². The first-order valence-corrected chi connectivity index (χ1v) is 5.75. The van der Waals surface area contributed by atoms with E-state index in [9.17, 15) is 9.59 Å². The second kappa shape index (κ2) is 5.08. The Kier molecular flexibility index (Phi) is 3.50. The van der Waals surface area contributed by atoms with Crippen LogP contribution in [0.4, 0.5) is 0 Å². The summed E-state index contributed by atoms with van der Waals surface area (Å²) >= 11 is 0. The van der Waals surface area contributed by atoms with Crippen molar-refractivity contribution in [1.82, 2.24) is 5.32 Å². The van der Waals surface area contributed by atoms with Crippen LogP contribution in [0.25, 0.3) is 0 Å². The van der Waals surface area contributed by atoms with Gasteiger partial charge in [0.25, 0.3) is 0 Å². The first-order chi connectivity index (χ1) is 8.56. The molecule has 1 heterocycles. The number of fused-ring (bicyclic) bond motifs is 1. The van der Waals surface area contributed by atoms with Gasteiger partial charge in [-0.25, -0.2) is 0 Å². The van der Waals surface area contributed by atoms with Crippen molar-refractivity contribution in [2.45, 2.75) is 20.0 Å². The number of ether oxygens (including phenoxy) is 2. The lowest BCUT2D eigenvalue weighted by Gasteiger charge is -2.26. The maximum atomic E-state index is 11.2. The highest BCUT2D eigenvalue weighted by molar-refractivity contribution is 5.94. The summed E-state index contributed by atoms with van der Waals surface area (Å²) in [5.74, 6) is 1.06. The molecule has 0 aliphatic carbocycles. The Bertz CT molecular complexity index is 484. The summed E-state index contributed by atoms with van der Waals surface area (Å²) < 4.78 is 11.2. The molecular weight excluding hydrogens is 234 g/mol. The molecule has 0 bridgehead atoms. The molecule has 96 valence electrons. The van der Waals surface area contributed by atoms with Gasteiger partial charge in [-0.15, -0.1) is 0 Å². The molecule has 1 aromatic carbocycles. The first kappa shape index (κ1) is 12.4. The number of ketones is 1. The van der Waals surface area contributed by atoms with Gasteiger partial charge in [-0.3, -0.25) is 9.59 Å². The molecule has 5 heteroatoms. The molecule has 1 atom stereocenters. The zero-order valence-electron chi connectivity index (χ0n) is 10.4. The summed E-state index contributed by atoms with van der Waals surface area (Å²) in [7, 11) is 0. The lowest BCUT2D eigenvalue weighted by Crippen LogP contribution is -2.40. The van der Waals surface area contributed by atoms with E-state index in [1.807, 2.05) is 0 Å². The third-order valence-electron chi connectivity index (χ3n) is 2.65. The zero-order chi connectivity index (χ0) is 13.1. The normalized spacial score (nSPS) is 17.1. The minimum Gasteiger partial charge on any atom is -0.486 e. The minimum atomic E-state index is -0.204. The van der Waals surface area contributed by atoms with E-state index < -0.39 is 0 Å². The van der Waals surface area contributed by atoms with Crippen molar-refractivity contribution in [3.8, 4) is 11.5 Å². The van der Waals surface area contributed by atoms with Crippen LogP contribution in [-0.4, -0.2) is 30.9 Å². The molecular formula is C13H15NO4. The van der Waals surface area contributed by atoms with Crippen LogP contribution in [0.3, 0.4) is 0 Å². The average molecular weight is 249 g/mol. The molecule has 0 saturated heterocycles. The molecule has 18 heavy (non-hydrogen) atoms. The number of amides is 1. The number of rotatable bonds is 3. The third kappa shape index (κ3) is 2.80. The summed E-state index contributed by atoms with van der Waals surface area (Å²) in [6.45, 7) is 3.72. The zero-order valence-corrected chi connectivity index (χ0v) is 10.4. The molecule has 0 fully saturated rings. The minimum absolute atomic E-state index is 0.0123. The molecule has 0 radical (unpaired) electrons. The van der Waals surface area contributed by atoms with Crippen molar-refractivity contribution in [2.75, 3.05) is 13.2 Å². The Balaban J connectivity index is 2.06. The SMILES string of the molecule is CC(=O)NCC1COc2cc(C(C)=O)ccc2O1. The van der Waals surface area contributed by atoms with Crippen molar-refractivity contribution in [1.29, 1.82) is 0 Å². The van der Waals surface area contributed by atoms with Gasteiger partial charge < -0.3 is 14.8 Å². The van der Waals surface area contributed by atoms with Crippen LogP contribution in [0.5, 0.6) is 11.5 Å². The van der Waals surface area contributed by atoms with Crippen LogP contribution in [0.2, 0.25) is 0 Å². The number of hydrogen-bond acceptors (Lipinski definition) is 4. The monoisotopic (exact) mass is 249 g/mol. The van der Waals surface area contributed by atoms with Gasteiger partial charge in [0.2, 0.25) is 5.91 Å². The predicted octanol–water partition coefficient (Wildman–Crippen LogP) is 1.17. The highest BCUT2D eigenvalue weighted by atomic mass is 16.6. The molecule has 1 unspecified atom stereocenters. The number of benzene rings is 1. The van der Waals surface area contributed by atoms with E-state index in [1.165, 1.54) is 13.8 Å². The fourth-order valence-corrected chi connectivity index (χ4v) is 1.69. The van der Waals surface area contributed by atoms with Gasteiger partial charge in [-0.05, 0) is 25.1 Å². The van der Waals surface area contributed by atoms with E-state index in [0.29, 0.717) is 30.2 Å². The summed E-state index contributed by atoms with van der Waals surface area (Å²) in [4.78, 5) is 22.0. The van der Waals surface area contributed by atoms with Gasteiger partial charge in [0.15, 0.2) is 17.3 Å². The Morgan fingerprint density at radius 2 is 2.11 bits per heavy atom. The molecule has 1 aromatic rings. The average Bonchev–Trinajstić information content (AvgIpc) is 2.35. The topological polar surface area (TPSA) is 64.6 Å². The van der Waals surface area contributed by atoms with Crippen molar-refractivity contribution in [2.24, 2.45) is 0 Å². The van der Waals surface area contributed by atoms with E-state index >= 15 is 0 Å². The molecule has 1 N–H and O–H groups in total. The highest BCUT2D eigenvalue weighted by Crippen LogP contribution is 2.32. The van der Waals surface area contributed by atoms with Gasteiger partial charge in [-0.2, -0.15) is 0 Å². The standard InChI is InChI=1S/C13H15NO4/c1-8(15)10-3-4-12-13(5-10)17-7-11(18-12)6-14-9(2)16/h3-5,11H,6-7H2,1-2H3,(H,14,16). The van der Waals surface area contributed by atoms with E-state index in [4.69, 9.17) is 9.47 Å². The summed E-state index contributed by atoms with van der Waals surface area (Å²) in [6, 6.07) is 5.09. The number of Topliss-reactive ketones (excluding diaryl/α,β-unsaturated/α-hetero) is 1. The van der Waals surface area contributed by atoms with Gasteiger partial charge in [0.1, 0.15) is 12.7 Å². The smallest absolute Gasteiger partial charge is 0.217 e. The van der Waals surface area contributed by atoms with Crippen molar-refractivity contribution in [3.05, 3.63) is 23.8 Å². The van der Waals surface area contributed by atoms with E-state index in [0.717, 1.165) is 0 Å². The fraction of sp³-hybridized carbons (Fsp3) is 0.385. The van der Waals surface area contributed by atoms with E-state index in [2.05, 4.69) is 5.32 Å². The molecule has 2 rings (SSSR count). The van der Waals surface area contributed by atoms with E-state index in [-0.39, 0.29) is 17.8 Å². The molecule has 1 aliphatic heterocycles. The quantitative estimate of drug-likeness (QED) is 0.816. The predicted molar refractivity (Wildman–Crippen MR) is 65.0 cm³/mol. The summed E-state index contributed by atoms with van der Waals surface area (Å²) in [6.07, 6.45) is -0.204. The van der Waals surface area contributed by atoms with Crippen molar-refractivity contribution < 1.29 is 19.1 Å². The third-order valence-corrected chi connectivity index (χ3v) is 2.65. The first-order valence-electron chi connectivity index (χ1n) is 5.75. The maximum absolute atomic E-state index is 11.2. The van der Waals surface area contributed by atoms with Crippen LogP contribution < -0.4 is 14.8 Å². The molecule has 5 nitrogen and oxygen atoms in total. The molecule has 0 saturated carbocycles. The second-order valence-electron chi connectivity index (χ2n) is 4.21.